The monoisotopic (exact) mass is 221 g/mol. The van der Waals surface area contributed by atoms with Crippen LogP contribution in [0.3, 0.4) is 0 Å². The predicted octanol–water partition coefficient (Wildman–Crippen LogP) is 4.71. The van der Waals surface area contributed by atoms with Gasteiger partial charge in [-0.3, -0.25) is 0 Å². The highest BCUT2D eigenvalue weighted by Gasteiger charge is 2.13. The van der Waals surface area contributed by atoms with Gasteiger partial charge in [0.25, 0.3) is 4.19 Å². The third-order valence-electron chi connectivity index (χ3n) is 2.03. The smallest absolute Gasteiger partial charge is 0.0649 e. The number of rotatable bonds is 3. The van der Waals surface area contributed by atoms with Crippen LogP contribution in [0.1, 0.15) is 17.5 Å². The molecule has 1 aromatic heterocycles. The van der Waals surface area contributed by atoms with Gasteiger partial charge in [-0.2, -0.15) is 0 Å². The summed E-state index contributed by atoms with van der Waals surface area (Å²) in [6.07, 6.45) is 2.47. The molecule has 0 radical (unpaired) electrons. The Morgan fingerprint density at radius 1 is 1.21 bits per heavy atom. The molecule has 1 aromatic carbocycles. The summed E-state index contributed by atoms with van der Waals surface area (Å²) in [6, 6.07) is 10.6. The summed E-state index contributed by atoms with van der Waals surface area (Å²) in [7, 11) is 0. The number of benzene rings is 1. The van der Waals surface area contributed by atoms with Crippen molar-refractivity contribution >= 4 is 22.7 Å². The lowest BCUT2D eigenvalue weighted by Gasteiger charge is -1.88. The summed E-state index contributed by atoms with van der Waals surface area (Å²) < 4.78 is 1.53. The molecule has 0 nitrogen and oxygen atoms in total. The molecule has 14 heavy (non-hydrogen) atoms. The van der Waals surface area contributed by atoms with Crippen LogP contribution in [0, 0.1) is 0 Å². The molecular weight excluding hydrogens is 208 g/mol. The fraction of sp³-hybridized carbons (Fsp3) is 0.250. The van der Waals surface area contributed by atoms with Gasteiger partial charge >= 0.3 is 0 Å². The molecule has 0 amide bonds. The van der Waals surface area contributed by atoms with Gasteiger partial charge < -0.3 is 0 Å². The van der Waals surface area contributed by atoms with Crippen molar-refractivity contribution in [3.63, 3.8) is 0 Å². The van der Waals surface area contributed by atoms with E-state index < -0.39 is 0 Å². The second-order valence-electron chi connectivity index (χ2n) is 3.19. The number of hydrogen-bond acceptors (Lipinski definition) is 1. The Morgan fingerprint density at radius 2 is 2.00 bits per heavy atom. The molecule has 0 atom stereocenters. The maximum absolute atomic E-state index is 2.27. The Labute approximate surface area is 92.9 Å². The largest absolute Gasteiger partial charge is 0.254 e. The lowest BCUT2D eigenvalue weighted by molar-refractivity contribution is 0.953. The van der Waals surface area contributed by atoms with E-state index in [9.17, 15) is 0 Å². The second-order valence-corrected chi connectivity index (χ2v) is 5.55. The highest BCUT2D eigenvalue weighted by atomic mass is 32.2. The van der Waals surface area contributed by atoms with Crippen LogP contribution in [-0.2, 0) is 6.42 Å². The van der Waals surface area contributed by atoms with Gasteiger partial charge in [0, 0.05) is 12.0 Å². The molecule has 0 fully saturated rings. The molecule has 0 N–H and O–H groups in total. The van der Waals surface area contributed by atoms with Crippen molar-refractivity contribution in [1.29, 1.82) is 0 Å². The van der Waals surface area contributed by atoms with E-state index in [0.717, 1.165) is 0 Å². The van der Waals surface area contributed by atoms with Crippen molar-refractivity contribution in [2.75, 3.05) is 0 Å². The second kappa shape index (κ2) is 4.67. The van der Waals surface area contributed by atoms with E-state index in [1.54, 1.807) is 0 Å². The van der Waals surface area contributed by atoms with E-state index in [-0.39, 0.29) is 0 Å². The van der Waals surface area contributed by atoms with E-state index in [2.05, 4.69) is 42.6 Å². The highest BCUT2D eigenvalue weighted by Crippen LogP contribution is 2.31. The van der Waals surface area contributed by atoms with Gasteiger partial charge in [0.05, 0.1) is 22.7 Å². The SMILES string of the molecule is CCCc1sc(-c2ccccc2)c[s+]1. The van der Waals surface area contributed by atoms with E-state index >= 15 is 0 Å². The molecule has 1 heterocycles. The summed E-state index contributed by atoms with van der Waals surface area (Å²) in [4.78, 5) is 1.40. The van der Waals surface area contributed by atoms with Gasteiger partial charge in [0.1, 0.15) is 5.38 Å². The molecule has 2 rings (SSSR count). The average molecular weight is 221 g/mol. The van der Waals surface area contributed by atoms with Crippen molar-refractivity contribution in [1.82, 2.24) is 0 Å². The molecule has 0 saturated carbocycles. The minimum atomic E-state index is 1.22. The fourth-order valence-electron chi connectivity index (χ4n) is 1.33. The Morgan fingerprint density at radius 3 is 2.71 bits per heavy atom. The Bertz CT molecular complexity index is 390. The van der Waals surface area contributed by atoms with Crippen LogP contribution in [0.25, 0.3) is 10.4 Å². The van der Waals surface area contributed by atoms with Gasteiger partial charge in [0.15, 0.2) is 4.88 Å². The lowest BCUT2D eigenvalue weighted by atomic mass is 10.2. The lowest BCUT2D eigenvalue weighted by Crippen LogP contribution is -1.70. The quantitative estimate of drug-likeness (QED) is 0.658. The first-order valence-electron chi connectivity index (χ1n) is 4.86. The first kappa shape index (κ1) is 9.81. The van der Waals surface area contributed by atoms with E-state index in [0.29, 0.717) is 0 Å². The zero-order valence-electron chi connectivity index (χ0n) is 8.19. The van der Waals surface area contributed by atoms with Crippen molar-refractivity contribution in [2.24, 2.45) is 0 Å². The van der Waals surface area contributed by atoms with Crippen LogP contribution in [-0.4, -0.2) is 0 Å². The minimum Gasteiger partial charge on any atom is -0.0649 e. The van der Waals surface area contributed by atoms with E-state index in [1.165, 1.54) is 27.5 Å². The van der Waals surface area contributed by atoms with Gasteiger partial charge in [-0.1, -0.05) is 37.3 Å². The molecule has 0 bridgehead atoms. The summed E-state index contributed by atoms with van der Waals surface area (Å²) in [5.41, 5.74) is 1.34. The van der Waals surface area contributed by atoms with Crippen LogP contribution in [0.2, 0.25) is 0 Å². The average Bonchev–Trinajstić information content (AvgIpc) is 2.68. The van der Waals surface area contributed by atoms with Crippen LogP contribution in [0.15, 0.2) is 35.7 Å². The third-order valence-corrected chi connectivity index (χ3v) is 4.55. The van der Waals surface area contributed by atoms with Crippen LogP contribution in [0.4, 0.5) is 0 Å². The van der Waals surface area contributed by atoms with Crippen molar-refractivity contribution in [3.05, 3.63) is 39.9 Å². The maximum atomic E-state index is 2.27. The van der Waals surface area contributed by atoms with Gasteiger partial charge in [-0.25, -0.2) is 0 Å². The topological polar surface area (TPSA) is 0 Å². The maximum Gasteiger partial charge on any atom is 0.254 e. The highest BCUT2D eigenvalue weighted by molar-refractivity contribution is 7.32. The predicted molar refractivity (Wildman–Crippen MR) is 66.0 cm³/mol. The first-order chi connectivity index (χ1) is 6.90. The van der Waals surface area contributed by atoms with Crippen molar-refractivity contribution < 1.29 is 0 Å². The molecular formula is C12H13S2+. The molecule has 0 aliphatic rings. The molecule has 72 valence electrons. The fourth-order valence-corrected chi connectivity index (χ4v) is 3.78. The summed E-state index contributed by atoms with van der Waals surface area (Å²) in [5.74, 6) is 0. The molecule has 0 unspecified atom stereocenters. The van der Waals surface area contributed by atoms with Crippen LogP contribution >= 0.6 is 22.7 Å². The van der Waals surface area contributed by atoms with Crippen molar-refractivity contribution in [3.8, 4) is 10.4 Å². The van der Waals surface area contributed by atoms with Gasteiger partial charge in [-0.05, 0) is 6.42 Å². The molecule has 2 aromatic rings. The van der Waals surface area contributed by atoms with Gasteiger partial charge in [0.2, 0.25) is 0 Å². The summed E-state index contributed by atoms with van der Waals surface area (Å²) in [6.45, 7) is 2.23. The van der Waals surface area contributed by atoms with Gasteiger partial charge in [-0.15, -0.1) is 0 Å². The Kier molecular flexibility index (Phi) is 3.27. The number of aryl methyl sites for hydroxylation is 1. The van der Waals surface area contributed by atoms with Crippen molar-refractivity contribution in [2.45, 2.75) is 19.8 Å². The summed E-state index contributed by atoms with van der Waals surface area (Å²) in [5, 5.41) is 2.27. The first-order valence-corrected chi connectivity index (χ1v) is 6.55. The minimum absolute atomic E-state index is 1.22. The third kappa shape index (κ3) is 2.20. The zero-order valence-corrected chi connectivity index (χ0v) is 9.83. The summed E-state index contributed by atoms with van der Waals surface area (Å²) >= 11 is 3.82. The van der Waals surface area contributed by atoms with E-state index in [1.807, 2.05) is 22.7 Å². The van der Waals surface area contributed by atoms with Crippen LogP contribution < -0.4 is 0 Å². The standard InChI is InChI=1S/C12H13S2/c1-2-6-12-13-9-11(14-12)10-7-4-3-5-8-10/h3-5,7-9H,2,6H2,1H3/q+1. The molecule has 0 aliphatic heterocycles. The van der Waals surface area contributed by atoms with Crippen LogP contribution in [0.5, 0.6) is 0 Å². The molecule has 2 heteroatoms. The Balaban J connectivity index is 2.25. The van der Waals surface area contributed by atoms with E-state index in [4.69, 9.17) is 0 Å². The molecule has 0 saturated heterocycles. The normalized spacial score (nSPS) is 10.4. The molecule has 0 spiro atoms. The zero-order chi connectivity index (χ0) is 9.80. The molecule has 0 aliphatic carbocycles. The Hall–Kier alpha value is -0.730. The number of hydrogen-bond donors (Lipinski definition) is 0.